The van der Waals surface area contributed by atoms with E-state index in [9.17, 15) is 8.42 Å². The van der Waals surface area contributed by atoms with E-state index in [0.29, 0.717) is 13.2 Å². The second-order valence-electron chi connectivity index (χ2n) is 11.9. The van der Waals surface area contributed by atoms with Gasteiger partial charge in [0.15, 0.2) is 29.0 Å². The highest BCUT2D eigenvalue weighted by atomic mass is 32.2. The number of hydrogen-bond donors (Lipinski definition) is 0. The van der Waals surface area contributed by atoms with Gasteiger partial charge in [-0.3, -0.25) is 4.90 Å². The highest BCUT2D eigenvalue weighted by Gasteiger charge is 2.59. The molecule has 3 rings (SSSR count). The summed E-state index contributed by atoms with van der Waals surface area (Å²) in [5.74, 6) is -0.0364. The molecule has 3 heterocycles. The van der Waals surface area contributed by atoms with Crippen LogP contribution in [0, 0.1) is 0 Å². The molecule has 0 aromatic carbocycles. The van der Waals surface area contributed by atoms with Crippen LogP contribution in [0.4, 0.5) is 0 Å². The average Bonchev–Trinajstić information content (AvgIpc) is 3.05. The molecule has 8 nitrogen and oxygen atoms in total. The molecule has 4 atom stereocenters. The molecule has 0 amide bonds. The molecule has 3 aliphatic rings. The van der Waals surface area contributed by atoms with Crippen LogP contribution in [0.15, 0.2) is 4.40 Å². The fourth-order valence-electron chi connectivity index (χ4n) is 3.36. The van der Waals surface area contributed by atoms with Gasteiger partial charge in [0.05, 0.1) is 12.4 Å². The third kappa shape index (κ3) is 4.91. The first-order valence-electron chi connectivity index (χ1n) is 11.1. The van der Waals surface area contributed by atoms with E-state index < -0.39 is 39.0 Å². The maximum Gasteiger partial charge on any atom is 0.305 e. The van der Waals surface area contributed by atoms with Crippen molar-refractivity contribution in [1.82, 2.24) is 4.90 Å². The van der Waals surface area contributed by atoms with Crippen molar-refractivity contribution in [2.24, 2.45) is 4.40 Å². The summed E-state index contributed by atoms with van der Waals surface area (Å²) < 4.78 is 53.5. The van der Waals surface area contributed by atoms with Gasteiger partial charge >= 0.3 is 6.02 Å². The van der Waals surface area contributed by atoms with Gasteiger partial charge in [0.1, 0.15) is 12.2 Å². The predicted octanol–water partition coefficient (Wildman–Crippen LogP) is 3.52. The number of amidine groups is 1. The lowest BCUT2D eigenvalue weighted by Crippen LogP contribution is -2.51. The molecule has 0 aromatic rings. The molecule has 0 saturated carbocycles. The Morgan fingerprint density at radius 3 is 2.19 bits per heavy atom. The summed E-state index contributed by atoms with van der Waals surface area (Å²) in [6.07, 6.45) is -1.45. The summed E-state index contributed by atoms with van der Waals surface area (Å²) in [6, 6.07) is 0.133. The van der Waals surface area contributed by atoms with Crippen molar-refractivity contribution in [2.75, 3.05) is 18.9 Å². The van der Waals surface area contributed by atoms with Gasteiger partial charge in [-0.05, 0) is 36.3 Å². The second-order valence-corrected chi connectivity index (χ2v) is 23.2. The van der Waals surface area contributed by atoms with Crippen LogP contribution in [0.25, 0.3) is 0 Å². The number of rotatable bonds is 5. The maximum atomic E-state index is 12.0. The molecule has 3 aliphatic heterocycles. The monoisotopic (exact) mass is 492 g/mol. The summed E-state index contributed by atoms with van der Waals surface area (Å²) >= 11 is 0. The number of sulfonamides is 1. The van der Waals surface area contributed by atoms with Gasteiger partial charge in [0.25, 0.3) is 10.0 Å². The van der Waals surface area contributed by atoms with Gasteiger partial charge in [-0.25, -0.2) is 8.42 Å². The predicted molar refractivity (Wildman–Crippen MR) is 127 cm³/mol. The third-order valence-electron chi connectivity index (χ3n) is 7.54. The fraction of sp³-hybridized carbons (Fsp3) is 0.950. The van der Waals surface area contributed by atoms with E-state index >= 15 is 0 Å². The number of fused-ring (bicyclic) bond motifs is 3. The van der Waals surface area contributed by atoms with Crippen LogP contribution in [0.2, 0.25) is 36.3 Å². The number of hydrogen-bond acceptors (Lipinski definition) is 7. The first kappa shape index (κ1) is 25.2. The Hall–Kier alpha value is -0.466. The van der Waals surface area contributed by atoms with E-state index in [2.05, 4.69) is 72.1 Å². The lowest BCUT2D eigenvalue weighted by atomic mass is 10.1. The van der Waals surface area contributed by atoms with Gasteiger partial charge in [0, 0.05) is 6.54 Å². The van der Waals surface area contributed by atoms with Crippen LogP contribution >= 0.6 is 0 Å². The molecular formula is C20H40N2O6SSi2. The fourth-order valence-corrected chi connectivity index (χ4v) is 6.60. The quantitative estimate of drug-likeness (QED) is 0.543. The summed E-state index contributed by atoms with van der Waals surface area (Å²) in [6.45, 7) is 22.8. The molecule has 0 unspecified atom stereocenters. The van der Waals surface area contributed by atoms with E-state index in [0.717, 1.165) is 0 Å². The van der Waals surface area contributed by atoms with Gasteiger partial charge in [0.2, 0.25) is 0 Å². The molecule has 0 aliphatic carbocycles. The highest BCUT2D eigenvalue weighted by Crippen LogP contribution is 2.43. The Labute approximate surface area is 190 Å². The molecule has 0 N–H and O–H groups in total. The number of ether oxygens (including phenoxy) is 2. The van der Waals surface area contributed by atoms with Crippen molar-refractivity contribution in [2.45, 2.75) is 102 Å². The summed E-state index contributed by atoms with van der Waals surface area (Å²) in [4.78, 5) is 1.82. The van der Waals surface area contributed by atoms with Crippen molar-refractivity contribution in [1.29, 1.82) is 0 Å². The van der Waals surface area contributed by atoms with Crippen molar-refractivity contribution >= 4 is 32.7 Å². The Balaban J connectivity index is 1.86. The van der Waals surface area contributed by atoms with Gasteiger partial charge in [-0.2, -0.15) is 0 Å². The minimum absolute atomic E-state index is 0.0163. The zero-order valence-electron chi connectivity index (χ0n) is 20.7. The van der Waals surface area contributed by atoms with E-state index in [4.69, 9.17) is 18.3 Å². The smallest absolute Gasteiger partial charge is 0.305 e. The van der Waals surface area contributed by atoms with Crippen molar-refractivity contribution < 1.29 is 26.7 Å². The van der Waals surface area contributed by atoms with Crippen LogP contribution in [0.3, 0.4) is 0 Å². The Bertz CT molecular complexity index is 832. The third-order valence-corrected chi connectivity index (χ3v) is 17.6. The largest absolute Gasteiger partial charge is 0.453 e. The van der Waals surface area contributed by atoms with Crippen molar-refractivity contribution in [3.05, 3.63) is 0 Å². The summed E-state index contributed by atoms with van der Waals surface area (Å²) in [7, 11) is -7.60. The Morgan fingerprint density at radius 1 is 1.06 bits per heavy atom. The topological polar surface area (TPSA) is 86.7 Å². The van der Waals surface area contributed by atoms with Crippen LogP contribution in [0.1, 0.15) is 41.5 Å². The minimum atomic E-state index is -3.49. The average molecular weight is 493 g/mol. The van der Waals surface area contributed by atoms with Crippen molar-refractivity contribution in [3.8, 4) is 0 Å². The lowest BCUT2D eigenvalue weighted by Gasteiger charge is -2.41. The maximum absolute atomic E-state index is 12.0. The Kier molecular flexibility index (Phi) is 6.33. The zero-order valence-corrected chi connectivity index (χ0v) is 23.5. The van der Waals surface area contributed by atoms with Gasteiger partial charge in [-0.1, -0.05) is 41.5 Å². The summed E-state index contributed by atoms with van der Waals surface area (Å²) in [5.41, 5.74) is 0. The first-order chi connectivity index (χ1) is 13.8. The molecule has 0 radical (unpaired) electrons. The SMILES string of the molecule is CC(C)(C)[Si](C)(C)OC[C@H]1O[C@@H]2[C@@H](OC3=NS(=O)(=O)CCN32)[C@@H]1O[Si](C)(C)C(C)(C)C. The molecule has 31 heavy (non-hydrogen) atoms. The van der Waals surface area contributed by atoms with Crippen LogP contribution in [-0.2, 0) is 28.3 Å². The summed E-state index contributed by atoms with van der Waals surface area (Å²) in [5, 5.41) is 0.108. The van der Waals surface area contributed by atoms with Gasteiger partial charge in [-0.15, -0.1) is 4.40 Å². The van der Waals surface area contributed by atoms with E-state index in [-0.39, 0.29) is 34.1 Å². The standard InChI is InChI=1S/C20H40N2O6SSi2/c1-19(2,3)30(7,8)25-13-14-15(28-31(9,10)20(4,5)6)16-17(26-14)22-11-12-29(23,24)21-18(22)27-16/h14-17H,11-13H2,1-10H3/t14-,15-,16+,17-/m1/s1. The normalized spacial score (nSPS) is 31.2. The van der Waals surface area contributed by atoms with E-state index in [1.54, 1.807) is 0 Å². The molecule has 0 bridgehead atoms. The minimum Gasteiger partial charge on any atom is -0.453 e. The van der Waals surface area contributed by atoms with E-state index in [1.807, 2.05) is 4.90 Å². The van der Waals surface area contributed by atoms with Crippen LogP contribution in [-0.4, -0.2) is 79.4 Å². The van der Waals surface area contributed by atoms with Crippen molar-refractivity contribution in [3.63, 3.8) is 0 Å². The Morgan fingerprint density at radius 2 is 1.65 bits per heavy atom. The molecule has 2 fully saturated rings. The molecule has 2 saturated heterocycles. The molecule has 11 heteroatoms. The highest BCUT2D eigenvalue weighted by molar-refractivity contribution is 7.90. The first-order valence-corrected chi connectivity index (χ1v) is 18.5. The van der Waals surface area contributed by atoms with E-state index in [1.165, 1.54) is 0 Å². The molecule has 0 aromatic heterocycles. The zero-order chi connectivity index (χ0) is 23.6. The number of nitrogens with zero attached hydrogens (tertiary/aromatic N) is 2. The second kappa shape index (κ2) is 7.80. The molecule has 180 valence electrons. The van der Waals surface area contributed by atoms with Gasteiger partial charge < -0.3 is 18.3 Å². The molecular weight excluding hydrogens is 452 g/mol. The lowest BCUT2D eigenvalue weighted by molar-refractivity contribution is -0.0508. The molecule has 0 spiro atoms. The van der Waals surface area contributed by atoms with Crippen LogP contribution in [0.5, 0.6) is 0 Å². The van der Waals surface area contributed by atoms with Crippen LogP contribution < -0.4 is 0 Å².